The van der Waals surface area contributed by atoms with Gasteiger partial charge in [-0.2, -0.15) is 0 Å². The van der Waals surface area contributed by atoms with Crippen LogP contribution < -0.4 is 10.1 Å². The van der Waals surface area contributed by atoms with Crippen molar-refractivity contribution in [3.05, 3.63) is 75.2 Å². The molecule has 1 heterocycles. The van der Waals surface area contributed by atoms with Crippen molar-refractivity contribution in [2.24, 2.45) is 0 Å². The number of aromatic nitrogens is 2. The number of nitrogens with zero attached hydrogens (tertiary/aromatic N) is 3. The molecule has 1 aromatic heterocycles. The Morgan fingerprint density at radius 2 is 1.83 bits per heavy atom. The van der Waals surface area contributed by atoms with Crippen LogP contribution in [0.25, 0.3) is 0 Å². The summed E-state index contributed by atoms with van der Waals surface area (Å²) in [6.45, 7) is 1.25. The summed E-state index contributed by atoms with van der Waals surface area (Å²) in [5, 5.41) is 11.7. The Labute approximate surface area is 171 Å². The van der Waals surface area contributed by atoms with E-state index < -0.39 is 5.82 Å². The minimum absolute atomic E-state index is 0.205. The van der Waals surface area contributed by atoms with E-state index in [1.807, 2.05) is 11.9 Å². The third-order valence-corrected chi connectivity index (χ3v) is 5.01. The molecule has 1 N–H and O–H groups in total. The smallest absolute Gasteiger partial charge is 0.282 e. The van der Waals surface area contributed by atoms with Crippen LogP contribution in [0.4, 0.5) is 8.78 Å². The predicted molar refractivity (Wildman–Crippen MR) is 106 cm³/mol. The van der Waals surface area contributed by atoms with Gasteiger partial charge in [0.25, 0.3) is 5.91 Å². The van der Waals surface area contributed by atoms with Crippen molar-refractivity contribution in [2.75, 3.05) is 14.2 Å². The first-order chi connectivity index (χ1) is 13.9. The number of hydrogen-bond acceptors (Lipinski definition) is 6. The monoisotopic (exact) mass is 418 g/mol. The highest BCUT2D eigenvalue weighted by Crippen LogP contribution is 2.19. The maximum absolute atomic E-state index is 13.8. The number of methoxy groups -OCH3 is 1. The number of rotatable bonds is 8. The Morgan fingerprint density at radius 1 is 1.10 bits per heavy atom. The molecule has 9 heteroatoms. The van der Waals surface area contributed by atoms with Crippen LogP contribution in [0.3, 0.4) is 0 Å². The Balaban J connectivity index is 1.53. The lowest BCUT2D eigenvalue weighted by Crippen LogP contribution is -2.22. The van der Waals surface area contributed by atoms with E-state index in [1.165, 1.54) is 36.6 Å². The van der Waals surface area contributed by atoms with Gasteiger partial charge in [-0.3, -0.25) is 9.69 Å². The molecule has 0 spiro atoms. The number of ether oxygens (including phenoxy) is 1. The SMILES string of the molecule is COc1ccc(CN(C)Cc2nnc(C(=O)NCc3ccc(F)cc3)s2)cc1F. The summed E-state index contributed by atoms with van der Waals surface area (Å²) in [7, 11) is 3.30. The fourth-order valence-electron chi connectivity index (χ4n) is 2.68. The van der Waals surface area contributed by atoms with Crippen LogP contribution in [0.2, 0.25) is 0 Å². The van der Waals surface area contributed by atoms with Crippen molar-refractivity contribution < 1.29 is 18.3 Å². The molecule has 1 amide bonds. The number of nitrogens with one attached hydrogen (secondary N) is 1. The van der Waals surface area contributed by atoms with E-state index in [9.17, 15) is 13.6 Å². The zero-order chi connectivity index (χ0) is 20.8. The molecule has 0 saturated heterocycles. The zero-order valence-corrected chi connectivity index (χ0v) is 16.8. The van der Waals surface area contributed by atoms with Crippen LogP contribution in [0, 0.1) is 11.6 Å². The summed E-state index contributed by atoms with van der Waals surface area (Å²) in [4.78, 5) is 14.2. The fraction of sp³-hybridized carbons (Fsp3) is 0.250. The Morgan fingerprint density at radius 3 is 2.52 bits per heavy atom. The van der Waals surface area contributed by atoms with E-state index in [0.29, 0.717) is 18.1 Å². The molecule has 0 saturated carbocycles. The van der Waals surface area contributed by atoms with Crippen molar-refractivity contribution in [1.82, 2.24) is 20.4 Å². The van der Waals surface area contributed by atoms with Crippen LogP contribution >= 0.6 is 11.3 Å². The number of carbonyl (C=O) groups excluding carboxylic acids is 1. The van der Waals surface area contributed by atoms with Gasteiger partial charge in [0.2, 0.25) is 5.01 Å². The first-order valence-corrected chi connectivity index (χ1v) is 9.62. The van der Waals surface area contributed by atoms with E-state index in [1.54, 1.807) is 24.3 Å². The quantitative estimate of drug-likeness (QED) is 0.608. The molecule has 0 radical (unpaired) electrons. The summed E-state index contributed by atoms with van der Waals surface area (Å²) in [6, 6.07) is 10.7. The van der Waals surface area contributed by atoms with E-state index in [-0.39, 0.29) is 29.0 Å². The second-order valence-corrected chi connectivity index (χ2v) is 7.51. The molecule has 29 heavy (non-hydrogen) atoms. The molecule has 6 nitrogen and oxygen atoms in total. The largest absolute Gasteiger partial charge is 0.494 e. The molecule has 0 bridgehead atoms. The van der Waals surface area contributed by atoms with E-state index in [0.717, 1.165) is 11.1 Å². The molecule has 0 aliphatic rings. The molecule has 3 rings (SSSR count). The lowest BCUT2D eigenvalue weighted by Gasteiger charge is -2.15. The normalized spacial score (nSPS) is 10.9. The molecular weight excluding hydrogens is 398 g/mol. The van der Waals surface area contributed by atoms with Gasteiger partial charge in [0.15, 0.2) is 11.6 Å². The molecule has 0 unspecified atom stereocenters. The lowest BCUT2D eigenvalue weighted by molar-refractivity contribution is 0.0950. The Hall–Kier alpha value is -2.91. The van der Waals surface area contributed by atoms with Gasteiger partial charge in [-0.25, -0.2) is 8.78 Å². The van der Waals surface area contributed by atoms with Gasteiger partial charge >= 0.3 is 0 Å². The van der Waals surface area contributed by atoms with Crippen LogP contribution in [-0.4, -0.2) is 35.2 Å². The lowest BCUT2D eigenvalue weighted by atomic mass is 10.2. The molecule has 0 atom stereocenters. The van der Waals surface area contributed by atoms with Crippen LogP contribution in [-0.2, 0) is 19.6 Å². The van der Waals surface area contributed by atoms with Crippen LogP contribution in [0.15, 0.2) is 42.5 Å². The molecule has 3 aromatic rings. The molecule has 152 valence electrons. The Bertz CT molecular complexity index is 979. The van der Waals surface area contributed by atoms with Gasteiger partial charge in [-0.15, -0.1) is 10.2 Å². The van der Waals surface area contributed by atoms with Gasteiger partial charge in [-0.1, -0.05) is 29.5 Å². The number of carbonyl (C=O) groups is 1. The summed E-state index contributed by atoms with van der Waals surface area (Å²) in [5.41, 5.74) is 1.59. The van der Waals surface area contributed by atoms with Gasteiger partial charge in [0, 0.05) is 13.1 Å². The van der Waals surface area contributed by atoms with Gasteiger partial charge in [0.1, 0.15) is 10.8 Å². The second-order valence-electron chi connectivity index (χ2n) is 6.45. The number of halogens is 2. The third-order valence-electron chi connectivity index (χ3n) is 4.10. The zero-order valence-electron chi connectivity index (χ0n) is 16.0. The predicted octanol–water partition coefficient (Wildman–Crippen LogP) is 3.39. The maximum Gasteiger partial charge on any atom is 0.282 e. The Kier molecular flexibility index (Phi) is 6.84. The van der Waals surface area contributed by atoms with E-state index >= 15 is 0 Å². The van der Waals surface area contributed by atoms with E-state index in [4.69, 9.17) is 4.74 Å². The van der Waals surface area contributed by atoms with Crippen molar-refractivity contribution in [1.29, 1.82) is 0 Å². The van der Waals surface area contributed by atoms with Crippen molar-refractivity contribution in [2.45, 2.75) is 19.6 Å². The summed E-state index contributed by atoms with van der Waals surface area (Å²) in [5.74, 6) is -0.862. The van der Waals surface area contributed by atoms with Crippen LogP contribution in [0.1, 0.15) is 25.9 Å². The van der Waals surface area contributed by atoms with Crippen LogP contribution in [0.5, 0.6) is 5.75 Å². The first kappa shape index (κ1) is 20.8. The maximum atomic E-state index is 13.8. The topological polar surface area (TPSA) is 67.3 Å². The molecule has 0 aliphatic heterocycles. The molecule has 2 aromatic carbocycles. The van der Waals surface area contributed by atoms with Crippen molar-refractivity contribution in [3.63, 3.8) is 0 Å². The average molecular weight is 418 g/mol. The summed E-state index contributed by atoms with van der Waals surface area (Å²) >= 11 is 1.20. The standard InChI is InChI=1S/C20H20F2N4O2S/c1-26(11-14-5-8-17(28-2)16(22)9-14)12-18-24-25-20(29-18)19(27)23-10-13-3-6-15(21)7-4-13/h3-9H,10-12H2,1-2H3,(H,23,27). The minimum Gasteiger partial charge on any atom is -0.494 e. The number of hydrogen-bond donors (Lipinski definition) is 1. The van der Waals surface area contributed by atoms with Crippen molar-refractivity contribution in [3.8, 4) is 5.75 Å². The summed E-state index contributed by atoms with van der Waals surface area (Å²) in [6.07, 6.45) is 0. The second kappa shape index (κ2) is 9.53. The molecule has 0 fully saturated rings. The first-order valence-electron chi connectivity index (χ1n) is 8.80. The molecular formula is C20H20F2N4O2S. The van der Waals surface area contributed by atoms with Gasteiger partial charge in [-0.05, 0) is 42.4 Å². The highest BCUT2D eigenvalue weighted by molar-refractivity contribution is 7.13. The highest BCUT2D eigenvalue weighted by Gasteiger charge is 2.14. The van der Waals surface area contributed by atoms with Crippen molar-refractivity contribution >= 4 is 17.2 Å². The molecule has 0 aliphatic carbocycles. The number of amides is 1. The van der Waals surface area contributed by atoms with Gasteiger partial charge in [0.05, 0.1) is 13.7 Å². The van der Waals surface area contributed by atoms with E-state index in [2.05, 4.69) is 15.5 Å². The average Bonchev–Trinajstić information content (AvgIpc) is 3.16. The number of benzene rings is 2. The minimum atomic E-state index is -0.408. The highest BCUT2D eigenvalue weighted by atomic mass is 32.1. The summed E-state index contributed by atoms with van der Waals surface area (Å²) < 4.78 is 31.6. The third kappa shape index (κ3) is 5.78. The van der Waals surface area contributed by atoms with Gasteiger partial charge < -0.3 is 10.1 Å². The fourth-order valence-corrected chi connectivity index (χ4v) is 3.51.